The quantitative estimate of drug-likeness (QED) is 0.504. The van der Waals surface area contributed by atoms with Crippen LogP contribution in [0.4, 0.5) is 0 Å². The maximum atomic E-state index is 5.25. The third kappa shape index (κ3) is 4.79. The maximum Gasteiger partial charge on any atom is 0.189 e. The fraction of sp³-hybridized carbons (Fsp3) is 0.462. The normalized spacial score (nSPS) is 11.2. The first-order valence-electron chi connectivity index (χ1n) is 6.12. The summed E-state index contributed by atoms with van der Waals surface area (Å²) in [6, 6.07) is 5.74. The molecule has 4 nitrogen and oxygen atoms in total. The molecule has 18 heavy (non-hydrogen) atoms. The smallest absolute Gasteiger partial charge is 0.189 e. The van der Waals surface area contributed by atoms with Crippen molar-refractivity contribution in [1.82, 2.24) is 15.3 Å². The number of nitrogens with one attached hydrogen (secondary N) is 1. The third-order valence-electron chi connectivity index (χ3n) is 2.55. The number of thiocarbonyl (C=S) groups is 1. The predicted molar refractivity (Wildman–Crippen MR) is 79.7 cm³/mol. The summed E-state index contributed by atoms with van der Waals surface area (Å²) in [4.78, 5) is 6.22. The van der Waals surface area contributed by atoms with Crippen molar-refractivity contribution in [3.05, 3.63) is 30.1 Å². The average Bonchev–Trinajstić information content (AvgIpc) is 2.42. The van der Waals surface area contributed by atoms with Gasteiger partial charge < -0.3 is 4.90 Å². The molecule has 1 rings (SSSR count). The molecule has 0 bridgehead atoms. The molecule has 0 saturated carbocycles. The van der Waals surface area contributed by atoms with Crippen molar-refractivity contribution < 1.29 is 0 Å². The molecule has 5 heteroatoms. The second kappa shape index (κ2) is 7.76. The van der Waals surface area contributed by atoms with E-state index in [-0.39, 0.29) is 0 Å². The van der Waals surface area contributed by atoms with Gasteiger partial charge in [0.25, 0.3) is 0 Å². The molecular weight excluding hydrogens is 244 g/mol. The number of hydrogen-bond donors (Lipinski definition) is 1. The number of hydrazone groups is 1. The molecule has 98 valence electrons. The van der Waals surface area contributed by atoms with Crippen LogP contribution >= 0.6 is 12.2 Å². The minimum absolute atomic E-state index is 0.638. The molecule has 0 saturated heterocycles. The van der Waals surface area contributed by atoms with Crippen molar-refractivity contribution in [2.45, 2.75) is 26.7 Å². The van der Waals surface area contributed by atoms with Gasteiger partial charge in [0.1, 0.15) is 0 Å². The van der Waals surface area contributed by atoms with Crippen molar-refractivity contribution >= 4 is 23.0 Å². The summed E-state index contributed by atoms with van der Waals surface area (Å²) in [6.45, 7) is 5.01. The van der Waals surface area contributed by atoms with Gasteiger partial charge in [-0.3, -0.25) is 10.4 Å². The Morgan fingerprint density at radius 3 is 2.89 bits per heavy atom. The van der Waals surface area contributed by atoms with E-state index in [4.69, 9.17) is 12.2 Å². The topological polar surface area (TPSA) is 40.5 Å². The van der Waals surface area contributed by atoms with Crippen LogP contribution in [0.2, 0.25) is 0 Å². The van der Waals surface area contributed by atoms with E-state index in [9.17, 15) is 0 Å². The Bertz CT molecular complexity index is 403. The zero-order valence-corrected chi connectivity index (χ0v) is 12.0. The highest BCUT2D eigenvalue weighted by Crippen LogP contribution is 1.96. The summed E-state index contributed by atoms with van der Waals surface area (Å²) >= 11 is 5.25. The molecule has 0 atom stereocenters. The van der Waals surface area contributed by atoms with Crippen molar-refractivity contribution in [2.24, 2.45) is 5.10 Å². The van der Waals surface area contributed by atoms with Gasteiger partial charge in [-0.15, -0.1) is 0 Å². The van der Waals surface area contributed by atoms with Crippen LogP contribution in [-0.2, 0) is 0 Å². The van der Waals surface area contributed by atoms with Crippen LogP contribution in [0.5, 0.6) is 0 Å². The highest BCUT2D eigenvalue weighted by molar-refractivity contribution is 7.80. The Labute approximate surface area is 114 Å². The highest BCUT2D eigenvalue weighted by atomic mass is 32.1. The van der Waals surface area contributed by atoms with Gasteiger partial charge in [-0.05, 0) is 37.7 Å². The number of rotatable bonds is 5. The average molecular weight is 264 g/mol. The predicted octanol–water partition coefficient (Wildman–Crippen LogP) is 2.41. The molecule has 1 N–H and O–H groups in total. The van der Waals surface area contributed by atoms with Crippen LogP contribution in [-0.4, -0.2) is 34.3 Å². The standard InChI is InChI=1S/C13H20N4S/c1-4-5-10-17(3)13(18)16-15-11(2)12-8-6-7-9-14-12/h6-9H,4-5,10H2,1-3H3,(H,16,18)/b15-11+. The van der Waals surface area contributed by atoms with Crippen LogP contribution in [0.25, 0.3) is 0 Å². The first kappa shape index (κ1) is 14.6. The van der Waals surface area contributed by atoms with Crippen molar-refractivity contribution in [1.29, 1.82) is 0 Å². The molecule has 1 aromatic rings. The first-order valence-corrected chi connectivity index (χ1v) is 6.52. The molecule has 0 fully saturated rings. The molecule has 0 spiro atoms. The van der Waals surface area contributed by atoms with Gasteiger partial charge in [0.05, 0.1) is 11.4 Å². The minimum Gasteiger partial charge on any atom is -0.351 e. The van der Waals surface area contributed by atoms with Gasteiger partial charge in [0, 0.05) is 19.8 Å². The Hall–Kier alpha value is -1.49. The van der Waals surface area contributed by atoms with Gasteiger partial charge in [0.15, 0.2) is 5.11 Å². The van der Waals surface area contributed by atoms with Crippen LogP contribution in [0.1, 0.15) is 32.4 Å². The number of hydrogen-bond acceptors (Lipinski definition) is 3. The van der Waals surface area contributed by atoms with Crippen LogP contribution in [0, 0.1) is 0 Å². The molecule has 0 aromatic carbocycles. The number of aromatic nitrogens is 1. The monoisotopic (exact) mass is 264 g/mol. The van der Waals surface area contributed by atoms with Gasteiger partial charge in [-0.2, -0.15) is 5.10 Å². The van der Waals surface area contributed by atoms with Gasteiger partial charge >= 0.3 is 0 Å². The van der Waals surface area contributed by atoms with Crippen LogP contribution in [0.3, 0.4) is 0 Å². The van der Waals surface area contributed by atoms with E-state index in [2.05, 4.69) is 22.4 Å². The summed E-state index contributed by atoms with van der Waals surface area (Å²) in [5.41, 5.74) is 4.57. The lowest BCUT2D eigenvalue weighted by atomic mass is 10.3. The van der Waals surface area contributed by atoms with E-state index >= 15 is 0 Å². The van der Waals surface area contributed by atoms with Crippen molar-refractivity contribution in [3.8, 4) is 0 Å². The molecule has 0 amide bonds. The molecule has 0 unspecified atom stereocenters. The van der Waals surface area contributed by atoms with Crippen LogP contribution < -0.4 is 5.43 Å². The summed E-state index contributed by atoms with van der Waals surface area (Å²) in [7, 11) is 1.97. The number of pyridine rings is 1. The number of unbranched alkanes of at least 4 members (excludes halogenated alkanes) is 1. The summed E-state index contributed by atoms with van der Waals surface area (Å²) < 4.78 is 0. The molecule has 0 radical (unpaired) electrons. The molecule has 0 aliphatic rings. The summed E-state index contributed by atoms with van der Waals surface area (Å²) in [5, 5.41) is 4.88. The molecule has 0 aliphatic heterocycles. The second-order valence-corrected chi connectivity index (χ2v) is 4.49. The van der Waals surface area contributed by atoms with Crippen molar-refractivity contribution in [2.75, 3.05) is 13.6 Å². The fourth-order valence-electron chi connectivity index (χ4n) is 1.35. The molecule has 1 aromatic heterocycles. The van der Waals surface area contributed by atoms with Gasteiger partial charge in [-0.25, -0.2) is 0 Å². The molecule has 0 aliphatic carbocycles. The van der Waals surface area contributed by atoms with E-state index in [1.165, 1.54) is 0 Å². The van der Waals surface area contributed by atoms with E-state index in [0.29, 0.717) is 5.11 Å². The Morgan fingerprint density at radius 1 is 1.50 bits per heavy atom. The van der Waals surface area contributed by atoms with E-state index in [1.807, 2.05) is 37.1 Å². The molecule has 1 heterocycles. The Morgan fingerprint density at radius 2 is 2.28 bits per heavy atom. The zero-order valence-electron chi connectivity index (χ0n) is 11.2. The van der Waals surface area contributed by atoms with Crippen LogP contribution in [0.15, 0.2) is 29.5 Å². The fourth-order valence-corrected chi connectivity index (χ4v) is 1.48. The first-order chi connectivity index (χ1) is 8.65. The summed E-state index contributed by atoms with van der Waals surface area (Å²) in [6.07, 6.45) is 4.03. The van der Waals surface area contributed by atoms with Gasteiger partial charge in [-0.1, -0.05) is 19.4 Å². The highest BCUT2D eigenvalue weighted by Gasteiger charge is 2.03. The summed E-state index contributed by atoms with van der Waals surface area (Å²) in [5.74, 6) is 0. The lowest BCUT2D eigenvalue weighted by molar-refractivity contribution is 0.477. The van der Waals surface area contributed by atoms with Crippen molar-refractivity contribution in [3.63, 3.8) is 0 Å². The lowest BCUT2D eigenvalue weighted by Crippen LogP contribution is -2.35. The minimum atomic E-state index is 0.638. The largest absolute Gasteiger partial charge is 0.351 e. The van der Waals surface area contributed by atoms with E-state index < -0.39 is 0 Å². The third-order valence-corrected chi connectivity index (χ3v) is 2.95. The SMILES string of the molecule is CCCCN(C)C(=S)N/N=C(\C)c1ccccn1. The number of nitrogens with zero attached hydrogens (tertiary/aromatic N) is 3. The zero-order chi connectivity index (χ0) is 13.4. The second-order valence-electron chi connectivity index (χ2n) is 4.10. The lowest BCUT2D eigenvalue weighted by Gasteiger charge is -2.18. The molecular formula is C13H20N4S. The van der Waals surface area contributed by atoms with E-state index in [0.717, 1.165) is 30.8 Å². The maximum absolute atomic E-state index is 5.25. The van der Waals surface area contributed by atoms with Gasteiger partial charge in [0.2, 0.25) is 0 Å². The Kier molecular flexibility index (Phi) is 6.28. The Balaban J connectivity index is 2.51. The van der Waals surface area contributed by atoms with E-state index in [1.54, 1.807) is 6.20 Å².